The maximum atomic E-state index is 14.6. The van der Waals surface area contributed by atoms with Crippen molar-refractivity contribution in [1.82, 2.24) is 0 Å². The molecule has 3 aromatic carbocycles. The summed E-state index contributed by atoms with van der Waals surface area (Å²) in [6.07, 6.45) is 4.25. The molecule has 0 fully saturated rings. The minimum absolute atomic E-state index is 0.159. The number of ketones is 2. The molecule has 4 rings (SSSR count). The van der Waals surface area contributed by atoms with Crippen molar-refractivity contribution < 1.29 is 27.2 Å². The van der Waals surface area contributed by atoms with Gasteiger partial charge >= 0.3 is 0 Å². The van der Waals surface area contributed by atoms with Crippen LogP contribution in [-0.4, -0.2) is 11.6 Å². The number of halogens is 4. The van der Waals surface area contributed by atoms with Crippen molar-refractivity contribution in [1.29, 1.82) is 0 Å². The zero-order valence-electron chi connectivity index (χ0n) is 21.4. The Balaban J connectivity index is 1.70. The Morgan fingerprint density at radius 3 is 2.18 bits per heavy atom. The Labute approximate surface area is 220 Å². The number of carbonyl (C=O) groups is 2. The number of hydrogen-bond donors (Lipinski definition) is 0. The molecule has 0 aliphatic heterocycles. The predicted octanol–water partition coefficient (Wildman–Crippen LogP) is 8.26. The summed E-state index contributed by atoms with van der Waals surface area (Å²) in [5.41, 5.74) is 1.84. The van der Waals surface area contributed by atoms with Crippen LogP contribution >= 0.6 is 0 Å². The lowest BCUT2D eigenvalue weighted by atomic mass is 9.83. The summed E-state index contributed by atoms with van der Waals surface area (Å²) >= 11 is 0. The van der Waals surface area contributed by atoms with Gasteiger partial charge in [-0.2, -0.15) is 0 Å². The van der Waals surface area contributed by atoms with Crippen molar-refractivity contribution in [2.45, 2.75) is 57.8 Å². The lowest BCUT2D eigenvalue weighted by molar-refractivity contribution is -0.119. The van der Waals surface area contributed by atoms with E-state index in [0.717, 1.165) is 23.1 Å². The summed E-state index contributed by atoms with van der Waals surface area (Å²) in [5.74, 6) is -5.10. The number of hydrogen-bond acceptors (Lipinski definition) is 2. The highest BCUT2D eigenvalue weighted by Gasteiger charge is 2.36. The molecule has 0 aromatic heterocycles. The number of benzene rings is 3. The molecule has 0 radical (unpaired) electrons. The topological polar surface area (TPSA) is 34.1 Å². The van der Waals surface area contributed by atoms with Crippen LogP contribution in [0.15, 0.2) is 72.3 Å². The number of carbonyl (C=O) groups excluding carboxylic acids is 2. The third kappa shape index (κ3) is 6.29. The second-order valence-electron chi connectivity index (χ2n) is 10.3. The highest BCUT2D eigenvalue weighted by Crippen LogP contribution is 2.45. The van der Waals surface area contributed by atoms with Gasteiger partial charge in [-0.1, -0.05) is 56.3 Å². The van der Waals surface area contributed by atoms with E-state index in [1.165, 1.54) is 12.1 Å². The molecule has 0 saturated carbocycles. The first-order valence-electron chi connectivity index (χ1n) is 12.9. The zero-order chi connectivity index (χ0) is 27.4. The fraction of sp³-hybridized carbons (Fsp3) is 0.312. The van der Waals surface area contributed by atoms with Crippen molar-refractivity contribution in [3.8, 4) is 0 Å². The van der Waals surface area contributed by atoms with Crippen LogP contribution in [-0.2, 0) is 11.2 Å². The predicted molar refractivity (Wildman–Crippen MR) is 139 cm³/mol. The molecule has 38 heavy (non-hydrogen) atoms. The van der Waals surface area contributed by atoms with Gasteiger partial charge in [0.25, 0.3) is 0 Å². The van der Waals surface area contributed by atoms with E-state index in [2.05, 4.69) is 13.8 Å². The third-order valence-corrected chi connectivity index (χ3v) is 7.14. The van der Waals surface area contributed by atoms with E-state index >= 15 is 0 Å². The van der Waals surface area contributed by atoms with Gasteiger partial charge < -0.3 is 0 Å². The van der Waals surface area contributed by atoms with Crippen molar-refractivity contribution >= 4 is 11.6 Å². The Morgan fingerprint density at radius 1 is 0.868 bits per heavy atom. The lowest BCUT2D eigenvalue weighted by Crippen LogP contribution is -2.15. The molecule has 2 nitrogen and oxygen atoms in total. The molecule has 0 amide bonds. The fourth-order valence-corrected chi connectivity index (χ4v) is 5.11. The summed E-state index contributed by atoms with van der Waals surface area (Å²) in [6.45, 7) is 4.13. The average Bonchev–Trinajstić information content (AvgIpc) is 3.31. The maximum Gasteiger partial charge on any atom is 0.195 e. The largest absolute Gasteiger partial charge is 0.300 e. The lowest BCUT2D eigenvalue weighted by Gasteiger charge is -2.20. The van der Waals surface area contributed by atoms with Gasteiger partial charge in [0.15, 0.2) is 5.78 Å². The second kappa shape index (κ2) is 11.9. The average molecular weight is 523 g/mol. The highest BCUT2D eigenvalue weighted by atomic mass is 19.1. The first-order chi connectivity index (χ1) is 18.1. The highest BCUT2D eigenvalue weighted by molar-refractivity contribution is 6.10. The summed E-state index contributed by atoms with van der Waals surface area (Å²) in [7, 11) is 0. The summed E-state index contributed by atoms with van der Waals surface area (Å²) in [4.78, 5) is 26.0. The molecule has 2 unspecified atom stereocenters. The van der Waals surface area contributed by atoms with Crippen molar-refractivity contribution in [2.75, 3.05) is 0 Å². The molecule has 0 heterocycles. The third-order valence-electron chi connectivity index (χ3n) is 7.14. The molecule has 6 heteroatoms. The van der Waals surface area contributed by atoms with Crippen LogP contribution < -0.4 is 0 Å². The quantitative estimate of drug-likeness (QED) is 0.198. The molecule has 3 aromatic rings. The minimum atomic E-state index is -1.26. The smallest absolute Gasteiger partial charge is 0.195 e. The molecule has 0 saturated heterocycles. The summed E-state index contributed by atoms with van der Waals surface area (Å²) in [5, 5.41) is 0. The van der Waals surface area contributed by atoms with Gasteiger partial charge in [0.1, 0.15) is 29.1 Å². The molecule has 0 N–H and O–H groups in total. The van der Waals surface area contributed by atoms with Crippen LogP contribution in [0.5, 0.6) is 0 Å². The van der Waals surface area contributed by atoms with Crippen LogP contribution in [0.4, 0.5) is 17.6 Å². The van der Waals surface area contributed by atoms with Gasteiger partial charge in [-0.15, -0.1) is 0 Å². The van der Waals surface area contributed by atoms with Crippen LogP contribution in [0, 0.1) is 29.2 Å². The molecule has 2 atom stereocenters. The van der Waals surface area contributed by atoms with E-state index < -0.39 is 40.5 Å². The molecule has 0 bridgehead atoms. The zero-order valence-corrected chi connectivity index (χ0v) is 21.4. The number of aryl methyl sites for hydroxylation is 1. The standard InChI is InChI=1S/C32H30F4O2/c1-19(2)7-13-25(37)14-10-21-5-3-4-6-26(21)27-15-22(20-8-11-23(33)12-9-20)16-28(27)32(38)31-29(35)17-24(34)18-30(31)36/h3-6,8-9,11-12,16-19,22,27H,7,10,13-15H2,1-2H3. The Kier molecular flexibility index (Phi) is 8.60. The van der Waals surface area contributed by atoms with Gasteiger partial charge in [0.05, 0.1) is 5.56 Å². The van der Waals surface area contributed by atoms with E-state index in [9.17, 15) is 27.2 Å². The summed E-state index contributed by atoms with van der Waals surface area (Å²) in [6, 6.07) is 14.3. The van der Waals surface area contributed by atoms with Gasteiger partial charge in [0.2, 0.25) is 0 Å². The Bertz CT molecular complexity index is 1340. The number of Topliss-reactive ketones (excluding diaryl/α,β-unsaturated/α-hetero) is 2. The number of allylic oxidation sites excluding steroid dienone is 2. The molecule has 1 aliphatic rings. The van der Waals surface area contributed by atoms with E-state index in [-0.39, 0.29) is 17.3 Å². The van der Waals surface area contributed by atoms with Gasteiger partial charge in [-0.05, 0) is 54.0 Å². The normalized spacial score (nSPS) is 17.1. The molecular formula is C32H30F4O2. The van der Waals surface area contributed by atoms with Crippen molar-refractivity contribution in [3.63, 3.8) is 0 Å². The van der Waals surface area contributed by atoms with E-state index in [4.69, 9.17) is 0 Å². The van der Waals surface area contributed by atoms with Crippen LogP contribution in [0.1, 0.15) is 78.4 Å². The fourth-order valence-electron chi connectivity index (χ4n) is 5.11. The van der Waals surface area contributed by atoms with Gasteiger partial charge in [-0.3, -0.25) is 9.59 Å². The molecule has 0 spiro atoms. The second-order valence-corrected chi connectivity index (χ2v) is 10.3. The first kappa shape index (κ1) is 27.5. The molecule has 198 valence electrons. The number of rotatable bonds is 10. The van der Waals surface area contributed by atoms with Crippen molar-refractivity contribution in [2.24, 2.45) is 5.92 Å². The van der Waals surface area contributed by atoms with Gasteiger partial charge in [0, 0.05) is 42.4 Å². The summed E-state index contributed by atoms with van der Waals surface area (Å²) < 4.78 is 56.3. The van der Waals surface area contributed by atoms with E-state index in [1.807, 2.05) is 24.3 Å². The van der Waals surface area contributed by atoms with Crippen LogP contribution in [0.25, 0.3) is 0 Å². The molecular weight excluding hydrogens is 492 g/mol. The van der Waals surface area contributed by atoms with E-state index in [1.54, 1.807) is 18.2 Å². The van der Waals surface area contributed by atoms with Crippen LogP contribution in [0.3, 0.4) is 0 Å². The first-order valence-corrected chi connectivity index (χ1v) is 12.9. The maximum absolute atomic E-state index is 14.6. The molecule has 1 aliphatic carbocycles. The van der Waals surface area contributed by atoms with Gasteiger partial charge in [-0.25, -0.2) is 17.6 Å². The Hall–Kier alpha value is -3.54. The van der Waals surface area contributed by atoms with Crippen LogP contribution in [0.2, 0.25) is 0 Å². The Morgan fingerprint density at radius 2 is 1.53 bits per heavy atom. The monoisotopic (exact) mass is 522 g/mol. The van der Waals surface area contributed by atoms with E-state index in [0.29, 0.717) is 43.7 Å². The minimum Gasteiger partial charge on any atom is -0.300 e. The SMILES string of the molecule is CC(C)CCC(=O)CCc1ccccc1C1CC(c2ccc(F)cc2)C=C1C(=O)c1c(F)cc(F)cc1F. The van der Waals surface area contributed by atoms with Crippen molar-refractivity contribution in [3.05, 3.63) is 118 Å².